The minimum Gasteiger partial charge on any atom is -0.497 e. The van der Waals surface area contributed by atoms with Gasteiger partial charge in [-0.2, -0.15) is 0 Å². The molecule has 3 rings (SSSR count). The van der Waals surface area contributed by atoms with Gasteiger partial charge in [-0.15, -0.1) is 0 Å². The molecule has 0 unspecified atom stereocenters. The quantitative estimate of drug-likeness (QED) is 0.773. The van der Waals surface area contributed by atoms with Crippen molar-refractivity contribution in [2.24, 2.45) is 0 Å². The number of fused-ring (bicyclic) bond motifs is 1. The molecule has 27 heavy (non-hydrogen) atoms. The van der Waals surface area contributed by atoms with Crippen LogP contribution in [0.2, 0.25) is 0 Å². The van der Waals surface area contributed by atoms with Crippen LogP contribution in [0.15, 0.2) is 28.9 Å². The van der Waals surface area contributed by atoms with Gasteiger partial charge in [0.05, 0.1) is 25.6 Å². The van der Waals surface area contributed by atoms with E-state index >= 15 is 0 Å². The number of hydrogen-bond acceptors (Lipinski definition) is 6. The molecule has 7 nitrogen and oxygen atoms in total. The number of aliphatic hydroxyl groups is 1. The average molecular weight is 376 g/mol. The van der Waals surface area contributed by atoms with Crippen molar-refractivity contribution in [3.8, 4) is 5.75 Å². The topological polar surface area (TPSA) is 84.2 Å². The molecule has 2 heterocycles. The first-order valence-electron chi connectivity index (χ1n) is 9.42. The van der Waals surface area contributed by atoms with Crippen molar-refractivity contribution in [2.75, 3.05) is 39.9 Å². The predicted octanol–water partition coefficient (Wildman–Crippen LogP) is 2.56. The summed E-state index contributed by atoms with van der Waals surface area (Å²) in [4.78, 5) is 13.7. The largest absolute Gasteiger partial charge is 0.497 e. The molecule has 1 fully saturated rings. The smallest absolute Gasteiger partial charge is 0.407 e. The standard InChI is InChI=1S/C20H28N2O5/c1-3-26-19(23)21-14-20(24)7-10-22(11-8-20)9-6-15-13-27-18-5-4-16(25-2)12-17(15)18/h4-5,12-13,24H,3,6-11,14H2,1-2H3,(H,21,23). The third-order valence-electron chi connectivity index (χ3n) is 5.18. The highest BCUT2D eigenvalue weighted by molar-refractivity contribution is 5.82. The molecule has 1 aliphatic rings. The van der Waals surface area contributed by atoms with Crippen LogP contribution in [0.25, 0.3) is 11.0 Å². The van der Waals surface area contributed by atoms with Gasteiger partial charge in [0, 0.05) is 31.6 Å². The molecule has 0 bridgehead atoms. The lowest BCUT2D eigenvalue weighted by Crippen LogP contribution is -2.51. The molecule has 148 valence electrons. The number of benzene rings is 1. The Balaban J connectivity index is 1.49. The molecule has 1 saturated heterocycles. The SMILES string of the molecule is CCOC(=O)NCC1(O)CCN(CCc2coc3ccc(OC)cc23)CC1. The number of methoxy groups -OCH3 is 1. The lowest BCUT2D eigenvalue weighted by atomic mass is 9.91. The maximum absolute atomic E-state index is 11.4. The molecule has 1 aromatic heterocycles. The minimum absolute atomic E-state index is 0.228. The molecule has 1 aromatic carbocycles. The van der Waals surface area contributed by atoms with Crippen molar-refractivity contribution in [3.05, 3.63) is 30.0 Å². The van der Waals surface area contributed by atoms with Gasteiger partial charge in [-0.05, 0) is 49.9 Å². The second-order valence-corrected chi connectivity index (χ2v) is 7.01. The monoisotopic (exact) mass is 376 g/mol. The third-order valence-corrected chi connectivity index (χ3v) is 5.18. The highest BCUT2D eigenvalue weighted by Crippen LogP contribution is 2.27. The van der Waals surface area contributed by atoms with E-state index in [1.807, 2.05) is 24.5 Å². The van der Waals surface area contributed by atoms with Crippen LogP contribution in [0.4, 0.5) is 4.79 Å². The van der Waals surface area contributed by atoms with Crippen molar-refractivity contribution >= 4 is 17.1 Å². The summed E-state index contributed by atoms with van der Waals surface area (Å²) in [6, 6.07) is 5.82. The van der Waals surface area contributed by atoms with Crippen LogP contribution < -0.4 is 10.1 Å². The Bertz CT molecular complexity index is 765. The van der Waals surface area contributed by atoms with Gasteiger partial charge in [-0.25, -0.2) is 4.79 Å². The maximum Gasteiger partial charge on any atom is 0.407 e. The maximum atomic E-state index is 11.4. The molecule has 2 N–H and O–H groups in total. The molecule has 0 spiro atoms. The highest BCUT2D eigenvalue weighted by atomic mass is 16.5. The lowest BCUT2D eigenvalue weighted by molar-refractivity contribution is -0.0194. The Kier molecular flexibility index (Phi) is 6.23. The number of carbonyl (C=O) groups is 1. The number of carbonyl (C=O) groups excluding carboxylic acids is 1. The van der Waals surface area contributed by atoms with Crippen LogP contribution >= 0.6 is 0 Å². The minimum atomic E-state index is -0.862. The van der Waals surface area contributed by atoms with E-state index in [4.69, 9.17) is 13.9 Å². The van der Waals surface area contributed by atoms with E-state index in [0.29, 0.717) is 19.4 Å². The van der Waals surface area contributed by atoms with Crippen molar-refractivity contribution in [3.63, 3.8) is 0 Å². The highest BCUT2D eigenvalue weighted by Gasteiger charge is 2.32. The molecule has 0 radical (unpaired) electrons. The van der Waals surface area contributed by atoms with Crippen molar-refractivity contribution in [1.29, 1.82) is 0 Å². The Labute approximate surface area is 159 Å². The second-order valence-electron chi connectivity index (χ2n) is 7.01. The summed E-state index contributed by atoms with van der Waals surface area (Å²) < 4.78 is 15.8. The second kappa shape index (κ2) is 8.63. The summed E-state index contributed by atoms with van der Waals surface area (Å²) in [5, 5.41) is 14.4. The fourth-order valence-corrected chi connectivity index (χ4v) is 3.45. The lowest BCUT2D eigenvalue weighted by Gasteiger charge is -2.38. The summed E-state index contributed by atoms with van der Waals surface area (Å²) in [6.07, 6.45) is 3.46. The molecule has 0 aliphatic carbocycles. The Morgan fingerprint density at radius 2 is 2.15 bits per heavy atom. The van der Waals surface area contributed by atoms with Crippen LogP contribution in [0, 0.1) is 0 Å². The first-order chi connectivity index (χ1) is 13.0. The number of amides is 1. The summed E-state index contributed by atoms with van der Waals surface area (Å²) in [5.74, 6) is 0.822. The van der Waals surface area contributed by atoms with E-state index < -0.39 is 11.7 Å². The third kappa shape index (κ3) is 4.93. The van der Waals surface area contributed by atoms with Gasteiger partial charge in [0.25, 0.3) is 0 Å². The van der Waals surface area contributed by atoms with Gasteiger partial charge < -0.3 is 29.2 Å². The predicted molar refractivity (Wildman–Crippen MR) is 102 cm³/mol. The number of piperidine rings is 1. The molecule has 2 aromatic rings. The fraction of sp³-hybridized carbons (Fsp3) is 0.550. The Morgan fingerprint density at radius 3 is 2.85 bits per heavy atom. The Morgan fingerprint density at radius 1 is 1.37 bits per heavy atom. The first kappa shape index (κ1) is 19.5. The van der Waals surface area contributed by atoms with Crippen LogP contribution in [0.5, 0.6) is 5.75 Å². The number of hydrogen-bond donors (Lipinski definition) is 2. The van der Waals surface area contributed by atoms with Gasteiger partial charge in [0.1, 0.15) is 11.3 Å². The van der Waals surface area contributed by atoms with E-state index in [-0.39, 0.29) is 6.54 Å². The molecule has 7 heteroatoms. The van der Waals surface area contributed by atoms with Gasteiger partial charge in [0.2, 0.25) is 0 Å². The van der Waals surface area contributed by atoms with Gasteiger partial charge in [0.15, 0.2) is 0 Å². The number of likely N-dealkylation sites (tertiary alicyclic amines) is 1. The van der Waals surface area contributed by atoms with Gasteiger partial charge >= 0.3 is 6.09 Å². The van der Waals surface area contributed by atoms with Crippen LogP contribution in [0.3, 0.4) is 0 Å². The van der Waals surface area contributed by atoms with Crippen molar-refractivity contribution in [1.82, 2.24) is 10.2 Å². The van der Waals surface area contributed by atoms with E-state index in [2.05, 4.69) is 10.2 Å². The van der Waals surface area contributed by atoms with Gasteiger partial charge in [-0.3, -0.25) is 0 Å². The summed E-state index contributed by atoms with van der Waals surface area (Å²) in [5.41, 5.74) is 1.16. The van der Waals surface area contributed by atoms with Crippen LogP contribution in [0.1, 0.15) is 25.3 Å². The fourth-order valence-electron chi connectivity index (χ4n) is 3.45. The molecule has 1 aliphatic heterocycles. The zero-order valence-corrected chi connectivity index (χ0v) is 16.0. The zero-order chi connectivity index (χ0) is 19.3. The van der Waals surface area contributed by atoms with E-state index in [0.717, 1.165) is 48.3 Å². The molecular weight excluding hydrogens is 348 g/mol. The average Bonchev–Trinajstić information content (AvgIpc) is 3.08. The van der Waals surface area contributed by atoms with Crippen molar-refractivity contribution < 1.29 is 23.8 Å². The number of ether oxygens (including phenoxy) is 2. The number of rotatable bonds is 7. The first-order valence-corrected chi connectivity index (χ1v) is 9.42. The number of alkyl carbamates (subject to hydrolysis) is 1. The van der Waals surface area contributed by atoms with Crippen LogP contribution in [-0.4, -0.2) is 61.6 Å². The van der Waals surface area contributed by atoms with E-state index in [9.17, 15) is 9.90 Å². The van der Waals surface area contributed by atoms with E-state index in [1.165, 1.54) is 0 Å². The van der Waals surface area contributed by atoms with Gasteiger partial charge in [-0.1, -0.05) is 0 Å². The number of nitrogens with one attached hydrogen (secondary N) is 1. The summed E-state index contributed by atoms with van der Waals surface area (Å²) >= 11 is 0. The zero-order valence-electron chi connectivity index (χ0n) is 16.0. The molecule has 1 amide bonds. The Hall–Kier alpha value is -2.25. The summed E-state index contributed by atoms with van der Waals surface area (Å²) in [7, 11) is 1.66. The van der Waals surface area contributed by atoms with Crippen molar-refractivity contribution in [2.45, 2.75) is 31.8 Å². The van der Waals surface area contributed by atoms with Crippen LogP contribution in [-0.2, 0) is 11.2 Å². The number of nitrogens with zero attached hydrogens (tertiary/aromatic N) is 1. The normalized spacial score (nSPS) is 17.0. The molecular formula is C20H28N2O5. The van der Waals surface area contributed by atoms with E-state index in [1.54, 1.807) is 14.0 Å². The number of furan rings is 1. The molecule has 0 atom stereocenters. The molecule has 0 saturated carbocycles. The summed E-state index contributed by atoms with van der Waals surface area (Å²) in [6.45, 7) is 4.79.